The zero-order valence-corrected chi connectivity index (χ0v) is 6.80. The average Bonchev–Trinajstić information content (AvgIpc) is 2.00. The van der Waals surface area contributed by atoms with E-state index < -0.39 is 12.6 Å². The topological polar surface area (TPSA) is 20.2 Å². The van der Waals surface area contributed by atoms with Gasteiger partial charge in [-0.05, 0) is 24.1 Å². The molecule has 0 aromatic heterocycles. The maximum Gasteiger partial charge on any atom is 0.389 e. The molecule has 0 saturated heterocycles. The maximum absolute atomic E-state index is 11.8. The van der Waals surface area contributed by atoms with Crippen LogP contribution in [0.4, 0.5) is 13.2 Å². The fraction of sp³-hybridized carbons (Fsp3) is 0.333. The molecule has 0 unspecified atom stereocenters. The Kier molecular flexibility index (Phi) is 2.80. The van der Waals surface area contributed by atoms with Gasteiger partial charge in [0.15, 0.2) is 0 Å². The summed E-state index contributed by atoms with van der Waals surface area (Å²) in [5.74, 6) is -0.000301. The van der Waals surface area contributed by atoms with Gasteiger partial charge >= 0.3 is 6.18 Å². The van der Waals surface area contributed by atoms with Gasteiger partial charge in [0.1, 0.15) is 5.75 Å². The number of rotatable bonds is 2. The highest BCUT2D eigenvalue weighted by Crippen LogP contribution is 2.23. The van der Waals surface area contributed by atoms with E-state index in [4.69, 9.17) is 5.11 Å². The molecule has 1 aromatic rings. The SMILES string of the molecule is Oc1cccc(CCC(F)(F)F)c1. The van der Waals surface area contributed by atoms with E-state index in [1.807, 2.05) is 0 Å². The van der Waals surface area contributed by atoms with Crippen molar-refractivity contribution in [2.24, 2.45) is 0 Å². The van der Waals surface area contributed by atoms with Crippen molar-refractivity contribution in [3.8, 4) is 5.75 Å². The monoisotopic (exact) mass is 190 g/mol. The zero-order valence-electron chi connectivity index (χ0n) is 6.80. The van der Waals surface area contributed by atoms with Gasteiger partial charge in [0.2, 0.25) is 0 Å². The molecule has 4 heteroatoms. The van der Waals surface area contributed by atoms with E-state index in [-0.39, 0.29) is 12.2 Å². The van der Waals surface area contributed by atoms with E-state index in [1.165, 1.54) is 18.2 Å². The molecule has 0 fully saturated rings. The molecule has 0 amide bonds. The molecule has 0 aliphatic carbocycles. The highest BCUT2D eigenvalue weighted by molar-refractivity contribution is 5.27. The van der Waals surface area contributed by atoms with Crippen LogP contribution in [0.15, 0.2) is 24.3 Å². The van der Waals surface area contributed by atoms with Crippen molar-refractivity contribution >= 4 is 0 Å². The summed E-state index contributed by atoms with van der Waals surface area (Å²) in [6.07, 6.45) is -5.07. The van der Waals surface area contributed by atoms with Crippen molar-refractivity contribution in [1.82, 2.24) is 0 Å². The Morgan fingerprint density at radius 3 is 2.46 bits per heavy atom. The number of benzene rings is 1. The van der Waals surface area contributed by atoms with Crippen LogP contribution in [0.3, 0.4) is 0 Å². The second-order valence-corrected chi connectivity index (χ2v) is 2.79. The van der Waals surface area contributed by atoms with E-state index >= 15 is 0 Å². The quantitative estimate of drug-likeness (QED) is 0.760. The minimum Gasteiger partial charge on any atom is -0.508 e. The molecule has 0 radical (unpaired) electrons. The number of aromatic hydroxyl groups is 1. The Labute approximate surface area is 73.8 Å². The summed E-state index contributed by atoms with van der Waals surface area (Å²) in [6.45, 7) is 0. The molecule has 1 nitrogen and oxygen atoms in total. The molecule has 13 heavy (non-hydrogen) atoms. The summed E-state index contributed by atoms with van der Waals surface area (Å²) in [7, 11) is 0. The molecular formula is C9H9F3O. The van der Waals surface area contributed by atoms with Crippen molar-refractivity contribution in [3.63, 3.8) is 0 Å². The van der Waals surface area contributed by atoms with Crippen molar-refractivity contribution in [1.29, 1.82) is 0 Å². The van der Waals surface area contributed by atoms with Gasteiger partial charge in [0.05, 0.1) is 0 Å². The first-order valence-electron chi connectivity index (χ1n) is 3.82. The van der Waals surface area contributed by atoms with Gasteiger partial charge < -0.3 is 5.11 Å². The highest BCUT2D eigenvalue weighted by Gasteiger charge is 2.26. The number of phenolic OH excluding ortho intramolecular Hbond substituents is 1. The molecule has 0 aliphatic rings. The van der Waals surface area contributed by atoms with Crippen LogP contribution in [0.2, 0.25) is 0 Å². The van der Waals surface area contributed by atoms with Gasteiger partial charge in [0.25, 0.3) is 0 Å². The Hall–Kier alpha value is -1.19. The number of hydrogen-bond donors (Lipinski definition) is 1. The maximum atomic E-state index is 11.8. The van der Waals surface area contributed by atoms with Gasteiger partial charge in [-0.3, -0.25) is 0 Å². The Morgan fingerprint density at radius 2 is 1.92 bits per heavy atom. The number of aryl methyl sites for hydroxylation is 1. The van der Waals surface area contributed by atoms with Crippen molar-refractivity contribution in [3.05, 3.63) is 29.8 Å². The van der Waals surface area contributed by atoms with E-state index in [2.05, 4.69) is 0 Å². The third-order valence-electron chi connectivity index (χ3n) is 1.61. The lowest BCUT2D eigenvalue weighted by Crippen LogP contribution is -2.08. The second-order valence-electron chi connectivity index (χ2n) is 2.79. The van der Waals surface area contributed by atoms with Crippen molar-refractivity contribution in [2.45, 2.75) is 19.0 Å². The highest BCUT2D eigenvalue weighted by atomic mass is 19.4. The predicted molar refractivity (Wildman–Crippen MR) is 42.5 cm³/mol. The Balaban J connectivity index is 2.55. The Morgan fingerprint density at radius 1 is 1.23 bits per heavy atom. The number of hydrogen-bond acceptors (Lipinski definition) is 1. The summed E-state index contributed by atoms with van der Waals surface area (Å²) in [6, 6.07) is 5.86. The molecule has 0 spiro atoms. The molecule has 1 rings (SSSR count). The number of alkyl halides is 3. The minimum absolute atomic E-state index is 0.000301. The predicted octanol–water partition coefficient (Wildman–Crippen LogP) is 2.89. The second kappa shape index (κ2) is 3.68. The van der Waals surface area contributed by atoms with Crippen LogP contribution in [0.25, 0.3) is 0 Å². The van der Waals surface area contributed by atoms with Crippen molar-refractivity contribution in [2.75, 3.05) is 0 Å². The standard InChI is InChI=1S/C9H9F3O/c10-9(11,12)5-4-7-2-1-3-8(13)6-7/h1-3,6,13H,4-5H2. The normalized spacial score (nSPS) is 11.6. The first-order chi connectivity index (χ1) is 5.97. The third-order valence-corrected chi connectivity index (χ3v) is 1.61. The van der Waals surface area contributed by atoms with Crippen molar-refractivity contribution < 1.29 is 18.3 Å². The summed E-state index contributed by atoms with van der Waals surface area (Å²) in [4.78, 5) is 0. The van der Waals surface area contributed by atoms with Crippen LogP contribution in [-0.2, 0) is 6.42 Å². The molecule has 1 aromatic carbocycles. The molecule has 0 aliphatic heterocycles. The minimum atomic E-state index is -4.13. The molecule has 0 bridgehead atoms. The molecular weight excluding hydrogens is 181 g/mol. The molecule has 1 N–H and O–H groups in total. The largest absolute Gasteiger partial charge is 0.508 e. The van der Waals surface area contributed by atoms with Gasteiger partial charge in [-0.2, -0.15) is 13.2 Å². The average molecular weight is 190 g/mol. The van der Waals surface area contributed by atoms with Gasteiger partial charge in [0, 0.05) is 6.42 Å². The molecule has 0 heterocycles. The van der Waals surface area contributed by atoms with Crippen LogP contribution in [-0.4, -0.2) is 11.3 Å². The lowest BCUT2D eigenvalue weighted by Gasteiger charge is -2.05. The molecule has 0 atom stereocenters. The van der Waals surface area contributed by atoms with Gasteiger partial charge in [-0.15, -0.1) is 0 Å². The van der Waals surface area contributed by atoms with Gasteiger partial charge in [-0.25, -0.2) is 0 Å². The van der Waals surface area contributed by atoms with Crippen LogP contribution < -0.4 is 0 Å². The first kappa shape index (κ1) is 9.89. The first-order valence-corrected chi connectivity index (χ1v) is 3.82. The Bertz CT molecular complexity index is 280. The zero-order chi connectivity index (χ0) is 9.90. The number of phenols is 1. The van der Waals surface area contributed by atoms with E-state index in [1.54, 1.807) is 6.07 Å². The molecule has 0 saturated carbocycles. The van der Waals surface area contributed by atoms with Crippen LogP contribution in [0.5, 0.6) is 5.75 Å². The van der Waals surface area contributed by atoms with Crippen LogP contribution >= 0.6 is 0 Å². The lowest BCUT2D eigenvalue weighted by molar-refractivity contribution is -0.134. The van der Waals surface area contributed by atoms with Crippen LogP contribution in [0, 0.1) is 0 Å². The summed E-state index contributed by atoms with van der Waals surface area (Å²) < 4.78 is 35.3. The van der Waals surface area contributed by atoms with Crippen LogP contribution in [0.1, 0.15) is 12.0 Å². The fourth-order valence-corrected chi connectivity index (χ4v) is 0.998. The van der Waals surface area contributed by atoms with E-state index in [9.17, 15) is 13.2 Å². The smallest absolute Gasteiger partial charge is 0.389 e. The van der Waals surface area contributed by atoms with E-state index in [0.717, 1.165) is 0 Å². The van der Waals surface area contributed by atoms with Gasteiger partial charge in [-0.1, -0.05) is 12.1 Å². The summed E-state index contributed by atoms with van der Waals surface area (Å²) in [5, 5.41) is 8.96. The third kappa shape index (κ3) is 3.83. The van der Waals surface area contributed by atoms with E-state index in [0.29, 0.717) is 5.56 Å². The fourth-order valence-electron chi connectivity index (χ4n) is 0.998. The summed E-state index contributed by atoms with van der Waals surface area (Å²) in [5.41, 5.74) is 0.498. The number of halogens is 3. The molecule has 72 valence electrons. The summed E-state index contributed by atoms with van der Waals surface area (Å²) >= 11 is 0. The lowest BCUT2D eigenvalue weighted by atomic mass is 10.1.